The second-order valence-corrected chi connectivity index (χ2v) is 2.91. The first kappa shape index (κ1) is 11.6. The van der Waals surface area contributed by atoms with E-state index in [0.717, 1.165) is 16.4 Å². The molecule has 15 heavy (non-hydrogen) atoms. The molecule has 0 saturated heterocycles. The summed E-state index contributed by atoms with van der Waals surface area (Å²) in [5.41, 5.74) is 4.21. The van der Waals surface area contributed by atoms with Gasteiger partial charge in [0.05, 0.1) is 19.0 Å². The summed E-state index contributed by atoms with van der Waals surface area (Å²) in [6, 6.07) is 7.77. The Labute approximate surface area is 94.6 Å². The molecule has 2 N–H and O–H groups in total. The third-order valence-electron chi connectivity index (χ3n) is 1.91. The van der Waals surface area contributed by atoms with Crippen LogP contribution in [0.3, 0.4) is 0 Å². The van der Waals surface area contributed by atoms with E-state index >= 15 is 0 Å². The summed E-state index contributed by atoms with van der Waals surface area (Å²) >= 11 is 0. The summed E-state index contributed by atoms with van der Waals surface area (Å²) in [6.07, 6.45) is 5.45. The molecule has 1 aliphatic rings. The molecular formula is C10H12ClN3O. The van der Waals surface area contributed by atoms with Crippen LogP contribution in [-0.2, 0) is 0 Å². The van der Waals surface area contributed by atoms with Crippen molar-refractivity contribution >= 4 is 12.0 Å². The highest BCUT2D eigenvalue weighted by molar-refractivity contribution is 5.52. The van der Waals surface area contributed by atoms with E-state index in [1.54, 1.807) is 19.6 Å². The van der Waals surface area contributed by atoms with E-state index in [1.807, 2.05) is 30.5 Å². The topological polar surface area (TPSA) is 38.1 Å². The molecule has 0 bridgehead atoms. The van der Waals surface area contributed by atoms with Crippen LogP contribution in [0.4, 0.5) is 5.69 Å². The molecular weight excluding hydrogens is 214 g/mol. The molecule has 0 spiro atoms. The second kappa shape index (κ2) is 5.38. The number of ether oxygens (including phenoxy) is 1. The number of rotatable bonds is 3. The van der Waals surface area contributed by atoms with Crippen molar-refractivity contribution in [3.8, 4) is 5.75 Å². The lowest BCUT2D eigenvalue weighted by Gasteiger charge is -2.09. The van der Waals surface area contributed by atoms with Crippen LogP contribution in [0.2, 0.25) is 0 Å². The summed E-state index contributed by atoms with van der Waals surface area (Å²) in [7, 11) is 1.66. The number of aliphatic imine (C=N–C) groups is 1. The minimum Gasteiger partial charge on any atom is -1.00 e. The molecule has 0 aliphatic carbocycles. The first-order chi connectivity index (χ1) is 6.88. The minimum atomic E-state index is 0. The second-order valence-electron chi connectivity index (χ2n) is 2.91. The van der Waals surface area contributed by atoms with Gasteiger partial charge in [-0.2, -0.15) is 5.01 Å². The quantitative estimate of drug-likeness (QED) is 0.594. The zero-order valence-corrected chi connectivity index (χ0v) is 9.03. The lowest BCUT2D eigenvalue weighted by molar-refractivity contribution is -0.708. The van der Waals surface area contributed by atoms with Gasteiger partial charge in [-0.1, -0.05) is 6.07 Å². The van der Waals surface area contributed by atoms with Crippen molar-refractivity contribution in [2.45, 2.75) is 0 Å². The van der Waals surface area contributed by atoms with E-state index in [4.69, 9.17) is 4.74 Å². The maximum absolute atomic E-state index is 5.12. The maximum atomic E-state index is 5.12. The number of nitrogens with one attached hydrogen (secondary N) is 2. The van der Waals surface area contributed by atoms with Gasteiger partial charge < -0.3 is 17.1 Å². The van der Waals surface area contributed by atoms with Crippen molar-refractivity contribution in [2.75, 3.05) is 12.5 Å². The number of halogens is 1. The third kappa shape index (κ3) is 2.97. The fraction of sp³-hybridized carbons (Fsp3) is 0.100. The molecule has 0 amide bonds. The molecule has 1 atom stereocenters. The van der Waals surface area contributed by atoms with Crippen molar-refractivity contribution in [3.63, 3.8) is 0 Å². The van der Waals surface area contributed by atoms with Gasteiger partial charge in [-0.3, -0.25) is 0 Å². The molecule has 0 radical (unpaired) electrons. The van der Waals surface area contributed by atoms with Gasteiger partial charge in [0, 0.05) is 6.07 Å². The van der Waals surface area contributed by atoms with Crippen LogP contribution in [0.1, 0.15) is 0 Å². The standard InChI is InChI=1S/C10H11N3O.ClH/c1-14-10-4-2-3-9(7-10)12-13-6-5-11-8-13;/h2-8,12H,1H3;1H. The van der Waals surface area contributed by atoms with E-state index < -0.39 is 0 Å². The summed E-state index contributed by atoms with van der Waals surface area (Å²) < 4.78 is 5.12. The zero-order chi connectivity index (χ0) is 9.80. The Kier molecular flexibility index (Phi) is 4.15. The first-order valence-corrected chi connectivity index (χ1v) is 4.36. The SMILES string of the molecule is COc1cccc(N[NH+]2C=CN=C2)c1.[Cl-]. The van der Waals surface area contributed by atoms with Crippen LogP contribution in [0.5, 0.6) is 5.75 Å². The molecule has 0 saturated carbocycles. The van der Waals surface area contributed by atoms with Crippen molar-refractivity contribution in [3.05, 3.63) is 36.7 Å². The monoisotopic (exact) mass is 225 g/mol. The van der Waals surface area contributed by atoms with E-state index in [9.17, 15) is 0 Å². The summed E-state index contributed by atoms with van der Waals surface area (Å²) in [5, 5.41) is 0.984. The van der Waals surface area contributed by atoms with E-state index in [1.165, 1.54) is 0 Å². The number of benzene rings is 1. The zero-order valence-electron chi connectivity index (χ0n) is 8.27. The lowest BCUT2D eigenvalue weighted by atomic mass is 10.3. The van der Waals surface area contributed by atoms with Crippen molar-refractivity contribution in [2.24, 2.45) is 4.99 Å². The van der Waals surface area contributed by atoms with Gasteiger partial charge in [0.25, 0.3) is 0 Å². The Hall–Kier alpha value is -1.52. The number of hydrogen-bond acceptors (Lipinski definition) is 3. The average Bonchev–Trinajstić information content (AvgIpc) is 2.71. The van der Waals surface area contributed by atoms with Gasteiger partial charge in [0.2, 0.25) is 6.34 Å². The predicted molar refractivity (Wildman–Crippen MR) is 55.2 cm³/mol. The fourth-order valence-electron chi connectivity index (χ4n) is 1.23. The van der Waals surface area contributed by atoms with Gasteiger partial charge in [0.15, 0.2) is 0 Å². The maximum Gasteiger partial charge on any atom is 0.218 e. The average molecular weight is 226 g/mol. The molecule has 1 unspecified atom stereocenters. The first-order valence-electron chi connectivity index (χ1n) is 4.36. The van der Waals surface area contributed by atoms with Gasteiger partial charge in [0.1, 0.15) is 11.9 Å². The normalized spacial score (nSPS) is 17.3. The van der Waals surface area contributed by atoms with Crippen LogP contribution < -0.4 is 27.6 Å². The Morgan fingerprint density at radius 2 is 2.27 bits per heavy atom. The van der Waals surface area contributed by atoms with Crippen LogP contribution in [0.15, 0.2) is 41.7 Å². The summed E-state index contributed by atoms with van der Waals surface area (Å²) in [6.45, 7) is 0. The molecule has 0 fully saturated rings. The van der Waals surface area contributed by atoms with E-state index in [2.05, 4.69) is 10.4 Å². The van der Waals surface area contributed by atoms with Crippen molar-refractivity contribution in [1.29, 1.82) is 0 Å². The molecule has 80 valence electrons. The largest absolute Gasteiger partial charge is 1.00 e. The molecule has 1 aromatic carbocycles. The van der Waals surface area contributed by atoms with Gasteiger partial charge in [-0.05, 0) is 12.1 Å². The molecule has 1 aliphatic heterocycles. The predicted octanol–water partition coefficient (Wildman–Crippen LogP) is -2.58. The Morgan fingerprint density at radius 1 is 1.40 bits per heavy atom. The fourth-order valence-corrected chi connectivity index (χ4v) is 1.23. The number of quaternary nitrogens is 1. The number of nitrogens with zero attached hydrogens (tertiary/aromatic N) is 1. The molecule has 5 heteroatoms. The molecule has 1 aromatic rings. The van der Waals surface area contributed by atoms with Crippen LogP contribution >= 0.6 is 0 Å². The molecule has 4 nitrogen and oxygen atoms in total. The van der Waals surface area contributed by atoms with Crippen LogP contribution in [-0.4, -0.2) is 13.4 Å². The summed E-state index contributed by atoms with van der Waals surface area (Å²) in [4.78, 5) is 3.97. The van der Waals surface area contributed by atoms with Crippen LogP contribution in [0.25, 0.3) is 0 Å². The molecule has 1 heterocycles. The Bertz CT molecular complexity index is 367. The number of anilines is 1. The van der Waals surface area contributed by atoms with Crippen molar-refractivity contribution in [1.82, 2.24) is 0 Å². The highest BCUT2D eigenvalue weighted by Crippen LogP contribution is 2.15. The van der Waals surface area contributed by atoms with E-state index in [-0.39, 0.29) is 12.4 Å². The lowest BCUT2D eigenvalue weighted by Crippen LogP contribution is -3.09. The van der Waals surface area contributed by atoms with E-state index in [0.29, 0.717) is 0 Å². The number of methoxy groups -OCH3 is 1. The highest BCUT2D eigenvalue weighted by Gasteiger charge is 2.05. The van der Waals surface area contributed by atoms with Crippen LogP contribution in [0, 0.1) is 0 Å². The molecule has 2 rings (SSSR count). The van der Waals surface area contributed by atoms with Gasteiger partial charge in [-0.15, -0.1) is 0 Å². The Balaban J connectivity index is 0.00000112. The smallest absolute Gasteiger partial charge is 0.218 e. The van der Waals surface area contributed by atoms with Crippen molar-refractivity contribution < 1.29 is 22.2 Å². The van der Waals surface area contributed by atoms with Gasteiger partial charge >= 0.3 is 0 Å². The third-order valence-corrected chi connectivity index (χ3v) is 1.91. The minimum absolute atomic E-state index is 0. The highest BCUT2D eigenvalue weighted by atomic mass is 35.5. The summed E-state index contributed by atoms with van der Waals surface area (Å²) in [5.74, 6) is 0.842. The Morgan fingerprint density at radius 3 is 2.93 bits per heavy atom. The van der Waals surface area contributed by atoms with Gasteiger partial charge in [-0.25, -0.2) is 10.4 Å². The number of hydrogen-bond donors (Lipinski definition) is 2. The molecule has 0 aromatic heterocycles.